The minimum atomic E-state index is 0.121. The van der Waals surface area contributed by atoms with Gasteiger partial charge in [-0.05, 0) is 31.7 Å². The first-order valence-electron chi connectivity index (χ1n) is 7.15. The summed E-state index contributed by atoms with van der Waals surface area (Å²) >= 11 is 0. The van der Waals surface area contributed by atoms with Crippen molar-refractivity contribution in [2.75, 3.05) is 31.1 Å². The van der Waals surface area contributed by atoms with E-state index < -0.39 is 0 Å². The Morgan fingerprint density at radius 3 is 2.58 bits per heavy atom. The summed E-state index contributed by atoms with van der Waals surface area (Å²) in [5.41, 5.74) is 0. The minimum absolute atomic E-state index is 0.121. The molecule has 2 aliphatic rings. The van der Waals surface area contributed by atoms with Gasteiger partial charge in [0.05, 0.1) is 5.92 Å². The molecular formula is C14H20N4O. The fourth-order valence-corrected chi connectivity index (χ4v) is 3.01. The van der Waals surface area contributed by atoms with Gasteiger partial charge in [0.25, 0.3) is 0 Å². The number of aromatic nitrogens is 2. The molecule has 102 valence electrons. The molecular weight excluding hydrogens is 240 g/mol. The number of carbonyl (C=O) groups excluding carboxylic acids is 1. The van der Waals surface area contributed by atoms with Gasteiger partial charge in [-0.1, -0.05) is 0 Å². The van der Waals surface area contributed by atoms with Gasteiger partial charge in [0.2, 0.25) is 11.9 Å². The molecule has 5 nitrogen and oxygen atoms in total. The van der Waals surface area contributed by atoms with Crippen molar-refractivity contribution in [3.63, 3.8) is 0 Å². The molecule has 1 aromatic rings. The number of hydrogen-bond donors (Lipinski definition) is 0. The number of carbonyl (C=O) groups is 1. The van der Waals surface area contributed by atoms with Gasteiger partial charge in [-0.25, -0.2) is 9.97 Å². The first-order chi connectivity index (χ1) is 9.34. The molecule has 0 aromatic carbocycles. The van der Waals surface area contributed by atoms with Crippen molar-refractivity contribution in [2.24, 2.45) is 5.92 Å². The Kier molecular flexibility index (Phi) is 3.62. The predicted molar refractivity (Wildman–Crippen MR) is 72.8 cm³/mol. The Balaban J connectivity index is 1.66. The van der Waals surface area contributed by atoms with Crippen LogP contribution >= 0.6 is 0 Å². The molecule has 2 fully saturated rings. The summed E-state index contributed by atoms with van der Waals surface area (Å²) in [5.74, 6) is 1.20. The molecule has 2 aliphatic heterocycles. The fourth-order valence-electron chi connectivity index (χ4n) is 3.01. The quantitative estimate of drug-likeness (QED) is 0.804. The lowest BCUT2D eigenvalue weighted by Crippen LogP contribution is -2.44. The molecule has 3 heterocycles. The molecule has 19 heavy (non-hydrogen) atoms. The average molecular weight is 260 g/mol. The van der Waals surface area contributed by atoms with Gasteiger partial charge < -0.3 is 9.80 Å². The van der Waals surface area contributed by atoms with E-state index in [1.54, 1.807) is 12.4 Å². The highest BCUT2D eigenvalue weighted by Gasteiger charge is 2.31. The average Bonchev–Trinajstić information content (AvgIpc) is 3.02. The maximum absolute atomic E-state index is 12.4. The van der Waals surface area contributed by atoms with Gasteiger partial charge in [0.15, 0.2) is 0 Å². The smallest absolute Gasteiger partial charge is 0.227 e. The topological polar surface area (TPSA) is 49.3 Å². The number of likely N-dealkylation sites (tertiary alicyclic amines) is 1. The van der Waals surface area contributed by atoms with Crippen LogP contribution in [-0.4, -0.2) is 47.0 Å². The molecule has 0 bridgehead atoms. The van der Waals surface area contributed by atoms with Crippen molar-refractivity contribution in [2.45, 2.75) is 25.7 Å². The summed E-state index contributed by atoms with van der Waals surface area (Å²) in [6, 6.07) is 1.82. The van der Waals surface area contributed by atoms with Crippen molar-refractivity contribution in [3.8, 4) is 0 Å². The lowest BCUT2D eigenvalue weighted by Gasteiger charge is -2.33. The molecule has 0 spiro atoms. The molecule has 0 radical (unpaired) electrons. The maximum Gasteiger partial charge on any atom is 0.227 e. The van der Waals surface area contributed by atoms with Crippen LogP contribution in [-0.2, 0) is 4.79 Å². The molecule has 1 amide bonds. The van der Waals surface area contributed by atoms with Crippen molar-refractivity contribution in [1.29, 1.82) is 0 Å². The standard InChI is InChI=1S/C14H20N4O/c19-13(17-8-1-2-9-17)12-5-3-10-18(11-12)14-15-6-4-7-16-14/h4,6-7,12H,1-3,5,8-11H2. The zero-order valence-corrected chi connectivity index (χ0v) is 11.2. The lowest BCUT2D eigenvalue weighted by molar-refractivity contribution is -0.134. The monoisotopic (exact) mass is 260 g/mol. The molecule has 3 rings (SSSR count). The van der Waals surface area contributed by atoms with Crippen LogP contribution in [0.1, 0.15) is 25.7 Å². The predicted octanol–water partition coefficient (Wildman–Crippen LogP) is 1.32. The molecule has 5 heteroatoms. The van der Waals surface area contributed by atoms with Crippen LogP contribution in [0.2, 0.25) is 0 Å². The van der Waals surface area contributed by atoms with Crippen molar-refractivity contribution >= 4 is 11.9 Å². The molecule has 0 saturated carbocycles. The van der Waals surface area contributed by atoms with E-state index in [4.69, 9.17) is 0 Å². The summed E-state index contributed by atoms with van der Waals surface area (Å²) in [4.78, 5) is 25.2. The van der Waals surface area contributed by atoms with E-state index in [0.29, 0.717) is 5.91 Å². The molecule has 0 N–H and O–H groups in total. The molecule has 1 unspecified atom stereocenters. The number of anilines is 1. The van der Waals surface area contributed by atoms with Crippen LogP contribution in [0.25, 0.3) is 0 Å². The van der Waals surface area contributed by atoms with Crippen molar-refractivity contribution in [3.05, 3.63) is 18.5 Å². The first-order valence-corrected chi connectivity index (χ1v) is 7.15. The number of hydrogen-bond acceptors (Lipinski definition) is 4. The van der Waals surface area contributed by atoms with Gasteiger partial charge in [-0.15, -0.1) is 0 Å². The van der Waals surface area contributed by atoms with Crippen LogP contribution in [0, 0.1) is 5.92 Å². The second-order valence-electron chi connectivity index (χ2n) is 5.37. The maximum atomic E-state index is 12.4. The largest absolute Gasteiger partial charge is 0.342 e. The number of piperidine rings is 1. The van der Waals surface area contributed by atoms with E-state index in [2.05, 4.69) is 14.9 Å². The van der Waals surface area contributed by atoms with E-state index in [9.17, 15) is 4.79 Å². The molecule has 0 aliphatic carbocycles. The third-order valence-electron chi connectivity index (χ3n) is 4.02. The summed E-state index contributed by atoms with van der Waals surface area (Å²) < 4.78 is 0. The first kappa shape index (κ1) is 12.4. The minimum Gasteiger partial charge on any atom is -0.342 e. The SMILES string of the molecule is O=C(C1CCCN(c2ncccn2)C1)N1CCCC1. The van der Waals surface area contributed by atoms with Gasteiger partial charge in [0.1, 0.15) is 0 Å². The lowest BCUT2D eigenvalue weighted by atomic mass is 9.97. The fraction of sp³-hybridized carbons (Fsp3) is 0.643. The second kappa shape index (κ2) is 5.55. The van der Waals surface area contributed by atoms with Gasteiger partial charge in [-0.2, -0.15) is 0 Å². The third kappa shape index (κ3) is 2.69. The van der Waals surface area contributed by atoms with E-state index in [1.165, 1.54) is 0 Å². The Morgan fingerprint density at radius 2 is 1.84 bits per heavy atom. The van der Waals surface area contributed by atoms with E-state index in [0.717, 1.165) is 57.8 Å². The van der Waals surface area contributed by atoms with E-state index in [-0.39, 0.29) is 5.92 Å². The zero-order valence-electron chi connectivity index (χ0n) is 11.2. The third-order valence-corrected chi connectivity index (χ3v) is 4.02. The van der Waals surface area contributed by atoms with Gasteiger partial charge in [-0.3, -0.25) is 4.79 Å². The highest BCUT2D eigenvalue weighted by molar-refractivity contribution is 5.79. The van der Waals surface area contributed by atoms with Crippen LogP contribution in [0.15, 0.2) is 18.5 Å². The number of amides is 1. The Morgan fingerprint density at radius 1 is 1.11 bits per heavy atom. The van der Waals surface area contributed by atoms with Gasteiger partial charge in [0, 0.05) is 38.6 Å². The Labute approximate surface area is 113 Å². The number of nitrogens with zero attached hydrogens (tertiary/aromatic N) is 4. The normalized spacial score (nSPS) is 23.7. The van der Waals surface area contributed by atoms with E-state index >= 15 is 0 Å². The highest BCUT2D eigenvalue weighted by Crippen LogP contribution is 2.23. The van der Waals surface area contributed by atoms with Crippen LogP contribution in [0.4, 0.5) is 5.95 Å². The van der Waals surface area contributed by atoms with Crippen molar-refractivity contribution in [1.82, 2.24) is 14.9 Å². The zero-order chi connectivity index (χ0) is 13.1. The van der Waals surface area contributed by atoms with Crippen LogP contribution in [0.5, 0.6) is 0 Å². The molecule has 2 saturated heterocycles. The van der Waals surface area contributed by atoms with E-state index in [1.807, 2.05) is 11.0 Å². The molecule has 1 atom stereocenters. The highest BCUT2D eigenvalue weighted by atomic mass is 16.2. The summed E-state index contributed by atoms with van der Waals surface area (Å²) in [6.07, 6.45) is 7.87. The number of rotatable bonds is 2. The summed E-state index contributed by atoms with van der Waals surface area (Å²) in [5, 5.41) is 0. The summed E-state index contributed by atoms with van der Waals surface area (Å²) in [6.45, 7) is 3.60. The van der Waals surface area contributed by atoms with Crippen LogP contribution < -0.4 is 4.90 Å². The van der Waals surface area contributed by atoms with Crippen LogP contribution in [0.3, 0.4) is 0 Å². The summed E-state index contributed by atoms with van der Waals surface area (Å²) in [7, 11) is 0. The molecule has 1 aromatic heterocycles. The Hall–Kier alpha value is -1.65. The van der Waals surface area contributed by atoms with Crippen molar-refractivity contribution < 1.29 is 4.79 Å². The second-order valence-corrected chi connectivity index (χ2v) is 5.37. The van der Waals surface area contributed by atoms with Gasteiger partial charge >= 0.3 is 0 Å². The Bertz CT molecular complexity index is 430.